The number of nitrogens with zero attached hydrogens (tertiary/aromatic N) is 2. The molecule has 0 aliphatic carbocycles. The summed E-state index contributed by atoms with van der Waals surface area (Å²) in [6.07, 6.45) is 4.70. The number of hydrogen-bond donors (Lipinski definition) is 1. The van der Waals surface area contributed by atoms with Gasteiger partial charge >= 0.3 is 5.97 Å². The molecule has 2 aromatic carbocycles. The van der Waals surface area contributed by atoms with Crippen molar-refractivity contribution in [3.63, 3.8) is 0 Å². The molecular weight excluding hydrogens is 364 g/mol. The molecule has 0 unspecified atom stereocenters. The van der Waals surface area contributed by atoms with Gasteiger partial charge in [-0.3, -0.25) is 9.88 Å². The minimum atomic E-state index is -0.902. The highest BCUT2D eigenvalue weighted by Crippen LogP contribution is 2.38. The molecule has 5 heteroatoms. The fourth-order valence-corrected chi connectivity index (χ4v) is 3.97. The summed E-state index contributed by atoms with van der Waals surface area (Å²) in [5, 5.41) is 9.38. The van der Waals surface area contributed by atoms with Gasteiger partial charge in [-0.05, 0) is 73.8 Å². The standard InChI is InChI=1S/C24H24N2O3/c1-16-3-6-19(7-4-16)29-20-8-9-21-18(13-20)15-26(2)23(21)10-5-17-14-25-12-11-22(17)24(27)28/h3-4,6-9,11-14,23H,5,10,15H2,1-2H3,(H,27,28)/t23-/m0/s1. The van der Waals surface area contributed by atoms with Gasteiger partial charge in [0.25, 0.3) is 0 Å². The number of carbonyl (C=O) groups is 1. The van der Waals surface area contributed by atoms with E-state index in [4.69, 9.17) is 4.74 Å². The number of pyridine rings is 1. The molecule has 0 amide bonds. The van der Waals surface area contributed by atoms with Crippen molar-refractivity contribution in [3.8, 4) is 11.5 Å². The Morgan fingerprint density at radius 2 is 1.93 bits per heavy atom. The average molecular weight is 388 g/mol. The molecule has 0 spiro atoms. The number of fused-ring (bicyclic) bond motifs is 1. The van der Waals surface area contributed by atoms with Gasteiger partial charge in [0.1, 0.15) is 11.5 Å². The Bertz CT molecular complexity index is 1030. The van der Waals surface area contributed by atoms with Crippen LogP contribution in [-0.2, 0) is 13.0 Å². The highest BCUT2D eigenvalue weighted by molar-refractivity contribution is 5.89. The number of aryl methyl sites for hydroxylation is 2. The van der Waals surface area contributed by atoms with Gasteiger partial charge in [-0.2, -0.15) is 0 Å². The van der Waals surface area contributed by atoms with Crippen LogP contribution in [0.15, 0.2) is 60.9 Å². The van der Waals surface area contributed by atoms with Crippen molar-refractivity contribution >= 4 is 5.97 Å². The summed E-state index contributed by atoms with van der Waals surface area (Å²) in [5.41, 5.74) is 4.86. The highest BCUT2D eigenvalue weighted by atomic mass is 16.5. The van der Waals surface area contributed by atoms with Crippen LogP contribution in [0.4, 0.5) is 0 Å². The Kier molecular flexibility index (Phi) is 5.32. The minimum Gasteiger partial charge on any atom is -0.478 e. The van der Waals surface area contributed by atoms with Crippen molar-refractivity contribution in [1.29, 1.82) is 0 Å². The average Bonchev–Trinajstić information content (AvgIpc) is 3.02. The maximum absolute atomic E-state index is 11.4. The second-order valence-electron chi connectivity index (χ2n) is 7.58. The van der Waals surface area contributed by atoms with Crippen molar-refractivity contribution < 1.29 is 14.6 Å². The number of carboxylic acid groups (broad SMARTS) is 1. The van der Waals surface area contributed by atoms with Crippen LogP contribution in [-0.4, -0.2) is 28.0 Å². The summed E-state index contributed by atoms with van der Waals surface area (Å²) in [6, 6.07) is 16.1. The maximum atomic E-state index is 11.4. The third kappa shape index (κ3) is 4.15. The fourth-order valence-electron chi connectivity index (χ4n) is 3.97. The lowest BCUT2D eigenvalue weighted by atomic mass is 9.97. The molecule has 0 radical (unpaired) electrons. The van der Waals surface area contributed by atoms with Crippen molar-refractivity contribution in [2.75, 3.05) is 7.05 Å². The molecule has 0 fully saturated rings. The van der Waals surface area contributed by atoms with Gasteiger partial charge < -0.3 is 9.84 Å². The van der Waals surface area contributed by atoms with E-state index in [9.17, 15) is 9.90 Å². The van der Waals surface area contributed by atoms with Crippen molar-refractivity contribution in [1.82, 2.24) is 9.88 Å². The predicted octanol–water partition coefficient (Wildman–Crippen LogP) is 5.00. The SMILES string of the molecule is Cc1ccc(Oc2ccc3c(c2)CN(C)[C@H]3CCc2cnccc2C(=O)O)cc1. The maximum Gasteiger partial charge on any atom is 0.336 e. The summed E-state index contributed by atoms with van der Waals surface area (Å²) in [5.74, 6) is 0.763. The first-order chi connectivity index (χ1) is 14.0. The van der Waals surface area contributed by atoms with Gasteiger partial charge in [0.2, 0.25) is 0 Å². The van der Waals surface area contributed by atoms with Crippen LogP contribution in [0.5, 0.6) is 11.5 Å². The molecule has 0 bridgehead atoms. The largest absolute Gasteiger partial charge is 0.478 e. The van der Waals surface area contributed by atoms with E-state index in [2.05, 4.69) is 36.0 Å². The second-order valence-corrected chi connectivity index (χ2v) is 7.58. The van der Waals surface area contributed by atoms with Gasteiger partial charge in [0.05, 0.1) is 5.56 Å². The molecule has 0 saturated carbocycles. The monoisotopic (exact) mass is 388 g/mol. The van der Waals surface area contributed by atoms with E-state index in [0.717, 1.165) is 30.0 Å². The molecule has 1 N–H and O–H groups in total. The number of hydrogen-bond acceptors (Lipinski definition) is 4. The van der Waals surface area contributed by atoms with Gasteiger partial charge in [-0.1, -0.05) is 23.8 Å². The molecule has 1 aliphatic rings. The van der Waals surface area contributed by atoms with Gasteiger partial charge in [0, 0.05) is 25.0 Å². The van der Waals surface area contributed by atoms with Crippen LogP contribution in [0.25, 0.3) is 0 Å². The first-order valence-electron chi connectivity index (χ1n) is 9.75. The lowest BCUT2D eigenvalue weighted by Crippen LogP contribution is -2.17. The molecule has 29 heavy (non-hydrogen) atoms. The molecule has 1 aromatic heterocycles. The third-order valence-corrected chi connectivity index (χ3v) is 5.50. The Labute approximate surface area is 170 Å². The number of rotatable bonds is 6. The zero-order chi connectivity index (χ0) is 20.4. The molecule has 3 aromatic rings. The summed E-state index contributed by atoms with van der Waals surface area (Å²) < 4.78 is 6.01. The highest BCUT2D eigenvalue weighted by Gasteiger charge is 2.28. The van der Waals surface area contributed by atoms with E-state index in [0.29, 0.717) is 12.0 Å². The van der Waals surface area contributed by atoms with Crippen molar-refractivity contribution in [3.05, 3.63) is 88.7 Å². The Balaban J connectivity index is 1.49. The van der Waals surface area contributed by atoms with Crippen molar-refractivity contribution in [2.45, 2.75) is 32.4 Å². The number of aromatic nitrogens is 1. The summed E-state index contributed by atoms with van der Waals surface area (Å²) in [4.78, 5) is 17.8. The summed E-state index contributed by atoms with van der Waals surface area (Å²) in [6.45, 7) is 2.91. The lowest BCUT2D eigenvalue weighted by Gasteiger charge is -2.20. The molecular formula is C24H24N2O3. The third-order valence-electron chi connectivity index (χ3n) is 5.50. The van der Waals surface area contributed by atoms with Crippen molar-refractivity contribution in [2.24, 2.45) is 0 Å². The van der Waals surface area contributed by atoms with E-state index < -0.39 is 5.97 Å². The van der Waals surface area contributed by atoms with E-state index >= 15 is 0 Å². The normalized spacial score (nSPS) is 15.9. The van der Waals surface area contributed by atoms with Crippen LogP contribution in [0.1, 0.15) is 45.1 Å². The van der Waals surface area contributed by atoms with Crippen LogP contribution in [0.2, 0.25) is 0 Å². The number of ether oxygens (including phenoxy) is 1. The van der Waals surface area contributed by atoms with Crippen LogP contribution in [0.3, 0.4) is 0 Å². The van der Waals surface area contributed by atoms with Gasteiger partial charge in [0.15, 0.2) is 0 Å². The fraction of sp³-hybridized carbons (Fsp3) is 0.250. The van der Waals surface area contributed by atoms with Crippen LogP contribution < -0.4 is 4.74 Å². The first-order valence-corrected chi connectivity index (χ1v) is 9.75. The topological polar surface area (TPSA) is 62.7 Å². The minimum absolute atomic E-state index is 0.250. The zero-order valence-corrected chi connectivity index (χ0v) is 16.6. The van der Waals surface area contributed by atoms with Gasteiger partial charge in [-0.15, -0.1) is 0 Å². The van der Waals surface area contributed by atoms with Crippen LogP contribution >= 0.6 is 0 Å². The van der Waals surface area contributed by atoms with E-state index in [1.807, 2.05) is 30.3 Å². The van der Waals surface area contributed by atoms with E-state index in [-0.39, 0.29) is 6.04 Å². The zero-order valence-electron chi connectivity index (χ0n) is 16.6. The number of aromatic carboxylic acids is 1. The smallest absolute Gasteiger partial charge is 0.336 e. The lowest BCUT2D eigenvalue weighted by molar-refractivity contribution is 0.0695. The quantitative estimate of drug-likeness (QED) is 0.644. The molecule has 1 atom stereocenters. The molecule has 4 rings (SSSR count). The molecule has 1 aliphatic heterocycles. The molecule has 5 nitrogen and oxygen atoms in total. The van der Waals surface area contributed by atoms with Gasteiger partial charge in [-0.25, -0.2) is 4.79 Å². The number of carboxylic acids is 1. The Morgan fingerprint density at radius 1 is 1.17 bits per heavy atom. The first kappa shape index (κ1) is 19.2. The second kappa shape index (κ2) is 8.05. The Hall–Kier alpha value is -3.18. The predicted molar refractivity (Wildman–Crippen MR) is 111 cm³/mol. The molecule has 0 saturated heterocycles. The van der Waals surface area contributed by atoms with E-state index in [1.54, 1.807) is 12.3 Å². The number of benzene rings is 2. The van der Waals surface area contributed by atoms with E-state index in [1.165, 1.54) is 22.9 Å². The van der Waals surface area contributed by atoms with Crippen LogP contribution in [0, 0.1) is 6.92 Å². The molecule has 148 valence electrons. The summed E-state index contributed by atoms with van der Waals surface area (Å²) >= 11 is 0. The summed E-state index contributed by atoms with van der Waals surface area (Å²) in [7, 11) is 2.10. The Morgan fingerprint density at radius 3 is 2.69 bits per heavy atom. The molecule has 2 heterocycles.